The van der Waals surface area contributed by atoms with Crippen molar-refractivity contribution < 1.29 is 4.39 Å². The first-order valence-corrected chi connectivity index (χ1v) is 7.95. The molecule has 4 nitrogen and oxygen atoms in total. The van der Waals surface area contributed by atoms with Crippen LogP contribution in [0.5, 0.6) is 0 Å². The predicted octanol–water partition coefficient (Wildman–Crippen LogP) is 3.22. The van der Waals surface area contributed by atoms with Gasteiger partial charge in [-0.1, -0.05) is 17.7 Å². The van der Waals surface area contributed by atoms with Crippen molar-refractivity contribution in [1.29, 1.82) is 0 Å². The number of aromatic nitrogens is 3. The third kappa shape index (κ3) is 3.15. The number of hydrogen-bond donors (Lipinski definition) is 0. The van der Waals surface area contributed by atoms with Crippen LogP contribution in [0.1, 0.15) is 30.1 Å². The molecule has 0 fully saturated rings. The molecule has 2 heterocycles. The monoisotopic (exact) mass is 322 g/mol. The minimum Gasteiger partial charge on any atom is -0.315 e. The van der Waals surface area contributed by atoms with Gasteiger partial charge in [0, 0.05) is 25.6 Å². The third-order valence-electron chi connectivity index (χ3n) is 4.44. The van der Waals surface area contributed by atoms with Crippen LogP contribution in [0.4, 0.5) is 4.39 Å². The molecule has 1 atom stereocenters. The first kappa shape index (κ1) is 15.4. The van der Waals surface area contributed by atoms with Crippen molar-refractivity contribution >= 4 is 11.6 Å². The van der Waals surface area contributed by atoms with Crippen molar-refractivity contribution in [2.45, 2.75) is 45.3 Å². The molecule has 1 aromatic carbocycles. The third-order valence-corrected chi connectivity index (χ3v) is 4.75. The molecule has 0 saturated heterocycles. The zero-order chi connectivity index (χ0) is 15.7. The van der Waals surface area contributed by atoms with Crippen LogP contribution in [0.2, 0.25) is 5.02 Å². The molecule has 0 amide bonds. The fourth-order valence-electron chi connectivity index (χ4n) is 3.11. The van der Waals surface area contributed by atoms with Crippen LogP contribution in [0.15, 0.2) is 18.2 Å². The van der Waals surface area contributed by atoms with Gasteiger partial charge in [0.1, 0.15) is 17.5 Å². The highest BCUT2D eigenvalue weighted by atomic mass is 35.5. The zero-order valence-electron chi connectivity index (χ0n) is 12.9. The summed E-state index contributed by atoms with van der Waals surface area (Å²) >= 11 is 5.74. The second-order valence-corrected chi connectivity index (χ2v) is 6.37. The molecule has 0 bridgehead atoms. The van der Waals surface area contributed by atoms with Gasteiger partial charge in [0.2, 0.25) is 0 Å². The van der Waals surface area contributed by atoms with Crippen molar-refractivity contribution in [3.05, 3.63) is 46.3 Å². The summed E-state index contributed by atoms with van der Waals surface area (Å²) in [5, 5.41) is 8.56. The van der Waals surface area contributed by atoms with E-state index in [2.05, 4.69) is 26.7 Å². The lowest BCUT2D eigenvalue weighted by Gasteiger charge is -2.27. The van der Waals surface area contributed by atoms with E-state index in [0.29, 0.717) is 6.04 Å². The Balaban J connectivity index is 1.65. The molecular weight excluding hydrogens is 303 g/mol. The van der Waals surface area contributed by atoms with Crippen LogP contribution < -0.4 is 0 Å². The van der Waals surface area contributed by atoms with E-state index in [4.69, 9.17) is 11.6 Å². The molecule has 0 aliphatic carbocycles. The maximum absolute atomic E-state index is 13.5. The van der Waals surface area contributed by atoms with E-state index < -0.39 is 0 Å². The number of fused-ring (bicyclic) bond motifs is 1. The van der Waals surface area contributed by atoms with E-state index in [0.717, 1.165) is 49.6 Å². The maximum atomic E-state index is 13.5. The first-order chi connectivity index (χ1) is 10.5. The van der Waals surface area contributed by atoms with E-state index in [9.17, 15) is 4.39 Å². The SMILES string of the molecule is Cc1nnc2n1CCC(N(C)Cc1ccc(Cl)c(F)c1)CC2. The van der Waals surface area contributed by atoms with Crippen LogP contribution in [0.3, 0.4) is 0 Å². The Kier molecular flexibility index (Phi) is 4.45. The molecule has 2 aromatic rings. The van der Waals surface area contributed by atoms with Crippen molar-refractivity contribution in [2.24, 2.45) is 0 Å². The van der Waals surface area contributed by atoms with Crippen molar-refractivity contribution in [2.75, 3.05) is 7.05 Å². The Labute approximate surface area is 134 Å². The summed E-state index contributed by atoms with van der Waals surface area (Å²) in [6.07, 6.45) is 3.04. The molecule has 22 heavy (non-hydrogen) atoms. The Bertz CT molecular complexity index is 670. The second kappa shape index (κ2) is 6.34. The number of hydrogen-bond acceptors (Lipinski definition) is 3. The number of aryl methyl sites for hydroxylation is 2. The molecular formula is C16H20ClFN4. The second-order valence-electron chi connectivity index (χ2n) is 5.96. The minimum absolute atomic E-state index is 0.175. The lowest BCUT2D eigenvalue weighted by Crippen LogP contribution is -2.31. The van der Waals surface area contributed by atoms with Crippen molar-refractivity contribution in [3.8, 4) is 0 Å². The highest BCUT2D eigenvalue weighted by Crippen LogP contribution is 2.21. The number of nitrogens with zero attached hydrogens (tertiary/aromatic N) is 4. The van der Waals surface area contributed by atoms with Gasteiger partial charge >= 0.3 is 0 Å². The molecule has 118 valence electrons. The molecule has 0 spiro atoms. The van der Waals surface area contributed by atoms with Gasteiger partial charge in [-0.05, 0) is 44.5 Å². The molecule has 1 aliphatic rings. The van der Waals surface area contributed by atoms with Gasteiger partial charge in [0.25, 0.3) is 0 Å². The fourth-order valence-corrected chi connectivity index (χ4v) is 3.23. The highest BCUT2D eigenvalue weighted by molar-refractivity contribution is 6.30. The zero-order valence-corrected chi connectivity index (χ0v) is 13.6. The highest BCUT2D eigenvalue weighted by Gasteiger charge is 2.22. The summed E-state index contributed by atoms with van der Waals surface area (Å²) in [4.78, 5) is 2.29. The van der Waals surface area contributed by atoms with Crippen LogP contribution in [-0.2, 0) is 19.5 Å². The van der Waals surface area contributed by atoms with Crippen LogP contribution in [0.25, 0.3) is 0 Å². The lowest BCUT2D eigenvalue weighted by molar-refractivity contribution is 0.210. The van der Waals surface area contributed by atoms with Gasteiger partial charge in [-0.25, -0.2) is 4.39 Å². The average molecular weight is 323 g/mol. The van der Waals surface area contributed by atoms with E-state index in [1.165, 1.54) is 6.07 Å². The summed E-state index contributed by atoms with van der Waals surface area (Å²) < 4.78 is 15.8. The standard InChI is InChI=1S/C16H20ClFN4/c1-11-19-20-16-6-4-13(7-8-22(11)16)21(2)10-12-3-5-14(17)15(18)9-12/h3,5,9,13H,4,6-8,10H2,1-2H3. The smallest absolute Gasteiger partial charge is 0.142 e. The van der Waals surface area contributed by atoms with Crippen LogP contribution in [-0.4, -0.2) is 32.8 Å². The molecule has 0 saturated carbocycles. The summed E-state index contributed by atoms with van der Waals surface area (Å²) in [7, 11) is 2.09. The van der Waals surface area contributed by atoms with E-state index in [1.807, 2.05) is 13.0 Å². The summed E-state index contributed by atoms with van der Waals surface area (Å²) in [5.41, 5.74) is 0.948. The van der Waals surface area contributed by atoms with Crippen LogP contribution in [0, 0.1) is 12.7 Å². The average Bonchev–Trinajstić information content (AvgIpc) is 2.72. The molecule has 1 aliphatic heterocycles. The van der Waals surface area contributed by atoms with E-state index >= 15 is 0 Å². The Morgan fingerprint density at radius 2 is 2.18 bits per heavy atom. The summed E-state index contributed by atoms with van der Waals surface area (Å²) in [6, 6.07) is 5.49. The van der Waals surface area contributed by atoms with E-state index in [1.54, 1.807) is 6.07 Å². The molecule has 0 N–H and O–H groups in total. The normalized spacial score (nSPS) is 18.3. The quantitative estimate of drug-likeness (QED) is 0.870. The Hall–Kier alpha value is -1.46. The molecule has 6 heteroatoms. The largest absolute Gasteiger partial charge is 0.315 e. The van der Waals surface area contributed by atoms with Gasteiger partial charge < -0.3 is 4.57 Å². The molecule has 1 unspecified atom stereocenters. The van der Waals surface area contributed by atoms with Crippen molar-refractivity contribution in [3.63, 3.8) is 0 Å². The predicted molar refractivity (Wildman–Crippen MR) is 84.4 cm³/mol. The fraction of sp³-hybridized carbons (Fsp3) is 0.500. The minimum atomic E-state index is -0.352. The van der Waals surface area contributed by atoms with Crippen molar-refractivity contribution in [1.82, 2.24) is 19.7 Å². The Morgan fingerprint density at radius 1 is 1.36 bits per heavy atom. The topological polar surface area (TPSA) is 34.0 Å². The van der Waals surface area contributed by atoms with Gasteiger partial charge in [-0.2, -0.15) is 0 Å². The van der Waals surface area contributed by atoms with Gasteiger partial charge in [-0.15, -0.1) is 10.2 Å². The summed E-state index contributed by atoms with van der Waals surface area (Å²) in [5.74, 6) is 1.71. The maximum Gasteiger partial charge on any atom is 0.142 e. The first-order valence-electron chi connectivity index (χ1n) is 7.57. The van der Waals surface area contributed by atoms with Gasteiger partial charge in [0.15, 0.2) is 0 Å². The molecule has 1 aromatic heterocycles. The Morgan fingerprint density at radius 3 is 2.95 bits per heavy atom. The lowest BCUT2D eigenvalue weighted by atomic mass is 10.1. The van der Waals surface area contributed by atoms with Gasteiger partial charge in [-0.3, -0.25) is 4.90 Å². The number of halogens is 2. The van der Waals surface area contributed by atoms with E-state index in [-0.39, 0.29) is 10.8 Å². The van der Waals surface area contributed by atoms with Gasteiger partial charge in [0.05, 0.1) is 5.02 Å². The molecule has 0 radical (unpaired) electrons. The number of benzene rings is 1. The molecule has 3 rings (SSSR count). The van der Waals surface area contributed by atoms with Crippen LogP contribution >= 0.6 is 11.6 Å². The summed E-state index contributed by atoms with van der Waals surface area (Å²) in [6.45, 7) is 3.66. The number of rotatable bonds is 3.